The van der Waals surface area contributed by atoms with E-state index in [0.29, 0.717) is 0 Å². The number of hydrogen-bond donors (Lipinski definition) is 0. The number of unbranched alkanes of at least 4 members (excludes halogenated alkanes) is 4. The van der Waals surface area contributed by atoms with Crippen LogP contribution >= 0.6 is 0 Å². The molecule has 72 valence electrons. The summed E-state index contributed by atoms with van der Waals surface area (Å²) in [5.74, 6) is 0. The van der Waals surface area contributed by atoms with E-state index in [4.69, 9.17) is 5.26 Å². The summed E-state index contributed by atoms with van der Waals surface area (Å²) in [6.07, 6.45) is 15.1. The van der Waals surface area contributed by atoms with Crippen molar-refractivity contribution in [3.05, 3.63) is 24.3 Å². The van der Waals surface area contributed by atoms with Crippen LogP contribution in [0.2, 0.25) is 0 Å². The highest BCUT2D eigenvalue weighted by Crippen LogP contribution is 2.04. The van der Waals surface area contributed by atoms with Gasteiger partial charge in [-0.3, -0.25) is 0 Å². The summed E-state index contributed by atoms with van der Waals surface area (Å²) < 4.78 is 0. The molecule has 0 aromatic rings. The Morgan fingerprint density at radius 1 is 1.00 bits per heavy atom. The van der Waals surface area contributed by atoms with E-state index in [1.807, 2.05) is 12.1 Å². The van der Waals surface area contributed by atoms with E-state index in [1.165, 1.54) is 25.7 Å². The lowest BCUT2D eigenvalue weighted by Gasteiger charge is -1.94. The molecule has 0 aromatic heterocycles. The van der Waals surface area contributed by atoms with Crippen LogP contribution in [0.4, 0.5) is 0 Å². The highest BCUT2D eigenvalue weighted by molar-refractivity contribution is 5.01. The van der Waals surface area contributed by atoms with Gasteiger partial charge in [0.15, 0.2) is 0 Å². The van der Waals surface area contributed by atoms with Crippen LogP contribution in [-0.4, -0.2) is 0 Å². The van der Waals surface area contributed by atoms with Crippen molar-refractivity contribution in [3.8, 4) is 6.07 Å². The molecule has 0 aromatic carbocycles. The standard InChI is InChI=1S/C12H19N/c1-2-3-4-5-6-7-8-9-10-11-12-13/h3-4,10-11H,2,5-9H2,1H3. The molecule has 0 atom stereocenters. The van der Waals surface area contributed by atoms with Gasteiger partial charge in [0.25, 0.3) is 0 Å². The van der Waals surface area contributed by atoms with Crippen molar-refractivity contribution in [1.29, 1.82) is 5.26 Å². The normalized spacial score (nSPS) is 11.1. The van der Waals surface area contributed by atoms with Crippen molar-refractivity contribution < 1.29 is 0 Å². The van der Waals surface area contributed by atoms with E-state index in [0.717, 1.165) is 12.8 Å². The van der Waals surface area contributed by atoms with Crippen LogP contribution in [0.5, 0.6) is 0 Å². The third kappa shape index (κ3) is 11.0. The van der Waals surface area contributed by atoms with Gasteiger partial charge in [-0.15, -0.1) is 0 Å². The van der Waals surface area contributed by atoms with Gasteiger partial charge in [-0.05, 0) is 32.1 Å². The molecule has 0 aliphatic carbocycles. The van der Waals surface area contributed by atoms with Crippen LogP contribution in [0.15, 0.2) is 24.3 Å². The molecule has 1 heteroatoms. The van der Waals surface area contributed by atoms with Crippen molar-refractivity contribution >= 4 is 0 Å². The second-order valence-corrected chi connectivity index (χ2v) is 3.05. The maximum absolute atomic E-state index is 8.22. The van der Waals surface area contributed by atoms with Gasteiger partial charge in [0.2, 0.25) is 0 Å². The average Bonchev–Trinajstić information content (AvgIpc) is 2.16. The molecule has 0 bridgehead atoms. The number of allylic oxidation sites excluding steroid dienone is 4. The Bertz CT molecular complexity index is 184. The fourth-order valence-corrected chi connectivity index (χ4v) is 1.12. The van der Waals surface area contributed by atoms with Crippen molar-refractivity contribution in [3.63, 3.8) is 0 Å². The van der Waals surface area contributed by atoms with Gasteiger partial charge in [0.1, 0.15) is 0 Å². The fourth-order valence-electron chi connectivity index (χ4n) is 1.12. The zero-order valence-electron chi connectivity index (χ0n) is 8.50. The van der Waals surface area contributed by atoms with Gasteiger partial charge in [0, 0.05) is 6.08 Å². The first-order valence-electron chi connectivity index (χ1n) is 5.11. The third-order valence-corrected chi connectivity index (χ3v) is 1.84. The highest BCUT2D eigenvalue weighted by atomic mass is 14.2. The molecular formula is C12H19N. The quantitative estimate of drug-likeness (QED) is 0.328. The molecule has 0 saturated carbocycles. The fraction of sp³-hybridized carbons (Fsp3) is 0.583. The van der Waals surface area contributed by atoms with Gasteiger partial charge in [-0.2, -0.15) is 5.26 Å². The van der Waals surface area contributed by atoms with Crippen LogP contribution in [0, 0.1) is 11.3 Å². The van der Waals surface area contributed by atoms with Crippen LogP contribution in [0.25, 0.3) is 0 Å². The van der Waals surface area contributed by atoms with Crippen LogP contribution in [0.1, 0.15) is 45.4 Å². The number of nitrogens with zero attached hydrogens (tertiary/aromatic N) is 1. The van der Waals surface area contributed by atoms with E-state index in [-0.39, 0.29) is 0 Å². The Labute approximate surface area is 81.8 Å². The summed E-state index contributed by atoms with van der Waals surface area (Å²) in [6.45, 7) is 2.16. The van der Waals surface area contributed by atoms with Gasteiger partial charge >= 0.3 is 0 Å². The first kappa shape index (κ1) is 12.0. The molecule has 0 rings (SSSR count). The van der Waals surface area contributed by atoms with Crippen LogP contribution < -0.4 is 0 Å². The first-order valence-corrected chi connectivity index (χ1v) is 5.11. The Morgan fingerprint density at radius 3 is 2.31 bits per heavy atom. The number of nitriles is 1. The minimum absolute atomic E-state index is 1.05. The molecule has 0 saturated heterocycles. The average molecular weight is 177 g/mol. The van der Waals surface area contributed by atoms with Crippen LogP contribution in [-0.2, 0) is 0 Å². The van der Waals surface area contributed by atoms with E-state index in [2.05, 4.69) is 19.1 Å². The zero-order chi connectivity index (χ0) is 9.78. The Kier molecular flexibility index (Phi) is 10.1. The maximum atomic E-state index is 8.22. The number of rotatable bonds is 7. The third-order valence-electron chi connectivity index (χ3n) is 1.84. The predicted octanol–water partition coefficient (Wildman–Crippen LogP) is 3.98. The van der Waals surface area contributed by atoms with E-state index < -0.39 is 0 Å². The SMILES string of the molecule is CCC=CCCCCCC=CC#N. The van der Waals surface area contributed by atoms with Crippen molar-refractivity contribution in [2.24, 2.45) is 0 Å². The molecule has 0 aliphatic rings. The van der Waals surface area contributed by atoms with Gasteiger partial charge < -0.3 is 0 Å². The lowest BCUT2D eigenvalue weighted by Crippen LogP contribution is -1.74. The first-order chi connectivity index (χ1) is 6.41. The monoisotopic (exact) mass is 177 g/mol. The lowest BCUT2D eigenvalue weighted by atomic mass is 10.1. The smallest absolute Gasteiger partial charge is 0.0908 e. The van der Waals surface area contributed by atoms with E-state index >= 15 is 0 Å². The summed E-state index contributed by atoms with van der Waals surface area (Å²) in [4.78, 5) is 0. The second kappa shape index (κ2) is 11.0. The molecule has 1 nitrogen and oxygen atoms in total. The summed E-state index contributed by atoms with van der Waals surface area (Å²) in [5, 5.41) is 8.22. The van der Waals surface area contributed by atoms with Gasteiger partial charge in [-0.1, -0.05) is 31.6 Å². The number of hydrogen-bond acceptors (Lipinski definition) is 1. The second-order valence-electron chi connectivity index (χ2n) is 3.05. The summed E-state index contributed by atoms with van der Waals surface area (Å²) >= 11 is 0. The van der Waals surface area contributed by atoms with Gasteiger partial charge in [0.05, 0.1) is 6.07 Å². The molecule has 0 radical (unpaired) electrons. The minimum Gasteiger partial charge on any atom is -0.193 e. The molecule has 0 spiro atoms. The summed E-state index contributed by atoms with van der Waals surface area (Å²) in [5.41, 5.74) is 0. The molecule has 13 heavy (non-hydrogen) atoms. The topological polar surface area (TPSA) is 23.8 Å². The predicted molar refractivity (Wildman–Crippen MR) is 57.3 cm³/mol. The minimum atomic E-state index is 1.05. The molecule has 0 heterocycles. The Balaban J connectivity index is 3.05. The largest absolute Gasteiger partial charge is 0.193 e. The van der Waals surface area contributed by atoms with Gasteiger partial charge in [-0.25, -0.2) is 0 Å². The van der Waals surface area contributed by atoms with Crippen LogP contribution in [0.3, 0.4) is 0 Å². The van der Waals surface area contributed by atoms with E-state index in [1.54, 1.807) is 6.08 Å². The highest BCUT2D eigenvalue weighted by Gasteiger charge is 1.84. The molecule has 0 aliphatic heterocycles. The Morgan fingerprint density at radius 2 is 1.69 bits per heavy atom. The maximum Gasteiger partial charge on any atom is 0.0908 e. The van der Waals surface area contributed by atoms with Crippen molar-refractivity contribution in [1.82, 2.24) is 0 Å². The molecular weight excluding hydrogens is 158 g/mol. The zero-order valence-corrected chi connectivity index (χ0v) is 8.50. The Hall–Kier alpha value is -1.03. The molecule has 0 unspecified atom stereocenters. The lowest BCUT2D eigenvalue weighted by molar-refractivity contribution is 0.695. The molecule has 0 N–H and O–H groups in total. The van der Waals surface area contributed by atoms with Crippen molar-refractivity contribution in [2.75, 3.05) is 0 Å². The van der Waals surface area contributed by atoms with Crippen molar-refractivity contribution in [2.45, 2.75) is 45.4 Å². The summed E-state index contributed by atoms with van der Waals surface area (Å²) in [6, 6.07) is 1.99. The molecule has 0 amide bonds. The molecule has 0 fully saturated rings. The summed E-state index contributed by atoms with van der Waals surface area (Å²) in [7, 11) is 0. The van der Waals surface area contributed by atoms with E-state index in [9.17, 15) is 0 Å².